The lowest BCUT2D eigenvalue weighted by atomic mass is 10.2. The van der Waals surface area contributed by atoms with E-state index in [1.54, 1.807) is 6.92 Å². The first-order valence-corrected chi connectivity index (χ1v) is 6.50. The van der Waals surface area contributed by atoms with Gasteiger partial charge < -0.3 is 16.0 Å². The van der Waals surface area contributed by atoms with E-state index in [2.05, 4.69) is 10.2 Å². The van der Waals surface area contributed by atoms with Gasteiger partial charge in [-0.2, -0.15) is 0 Å². The van der Waals surface area contributed by atoms with Crippen LogP contribution in [-0.2, 0) is 9.59 Å². The van der Waals surface area contributed by atoms with Crippen LogP contribution in [0.15, 0.2) is 0 Å². The second kappa shape index (κ2) is 7.33. The maximum Gasteiger partial charge on any atom is 0.224 e. The van der Waals surface area contributed by atoms with Crippen LogP contribution < -0.4 is 11.1 Å². The standard InChI is InChI=1S/C12H24N4O2/c1-10(9-13)12(18)14-3-4-15-5-7-16(8-6-15)11(2)17/h10H,3-9,13H2,1-2H3,(H,14,18). The van der Waals surface area contributed by atoms with Crippen LogP contribution in [0, 0.1) is 5.92 Å². The first-order chi connectivity index (χ1) is 8.54. The molecule has 6 nitrogen and oxygen atoms in total. The van der Waals surface area contributed by atoms with Gasteiger partial charge in [-0.1, -0.05) is 6.92 Å². The van der Waals surface area contributed by atoms with Crippen molar-refractivity contribution in [3.05, 3.63) is 0 Å². The van der Waals surface area contributed by atoms with Gasteiger partial charge in [-0.3, -0.25) is 14.5 Å². The summed E-state index contributed by atoms with van der Waals surface area (Å²) in [7, 11) is 0. The number of amides is 2. The molecule has 0 aromatic carbocycles. The zero-order valence-corrected chi connectivity index (χ0v) is 11.3. The summed E-state index contributed by atoms with van der Waals surface area (Å²) in [6.07, 6.45) is 0. The molecule has 0 spiro atoms. The molecule has 1 fully saturated rings. The molecule has 0 aromatic heterocycles. The molecule has 104 valence electrons. The highest BCUT2D eigenvalue weighted by Gasteiger charge is 2.18. The van der Waals surface area contributed by atoms with Gasteiger partial charge in [-0.05, 0) is 0 Å². The normalized spacial score (nSPS) is 18.5. The molecular formula is C12H24N4O2. The van der Waals surface area contributed by atoms with E-state index >= 15 is 0 Å². The highest BCUT2D eigenvalue weighted by Crippen LogP contribution is 2.01. The van der Waals surface area contributed by atoms with Gasteiger partial charge >= 0.3 is 0 Å². The van der Waals surface area contributed by atoms with E-state index < -0.39 is 0 Å². The summed E-state index contributed by atoms with van der Waals surface area (Å²) in [4.78, 5) is 26.8. The third-order valence-corrected chi connectivity index (χ3v) is 3.35. The minimum Gasteiger partial charge on any atom is -0.355 e. The first kappa shape index (κ1) is 14.9. The lowest BCUT2D eigenvalue weighted by molar-refractivity contribution is -0.130. The van der Waals surface area contributed by atoms with Gasteiger partial charge in [0, 0.05) is 58.7 Å². The molecule has 2 amide bonds. The Kier molecular flexibility index (Phi) is 6.07. The van der Waals surface area contributed by atoms with E-state index in [1.165, 1.54) is 0 Å². The lowest BCUT2D eigenvalue weighted by Gasteiger charge is -2.34. The predicted octanol–water partition coefficient (Wildman–Crippen LogP) is -1.14. The highest BCUT2D eigenvalue weighted by molar-refractivity contribution is 5.78. The number of hydrogen-bond donors (Lipinski definition) is 2. The average Bonchev–Trinajstić information content (AvgIpc) is 2.38. The predicted molar refractivity (Wildman–Crippen MR) is 69.9 cm³/mol. The van der Waals surface area contributed by atoms with Gasteiger partial charge in [0.25, 0.3) is 0 Å². The topological polar surface area (TPSA) is 78.7 Å². The summed E-state index contributed by atoms with van der Waals surface area (Å²) in [5.74, 6) is 0.0270. The van der Waals surface area contributed by atoms with E-state index in [4.69, 9.17) is 5.73 Å². The molecule has 1 heterocycles. The monoisotopic (exact) mass is 256 g/mol. The minimum absolute atomic E-state index is 0.0138. The Labute approximate surface area is 108 Å². The molecule has 1 atom stereocenters. The number of hydrogen-bond acceptors (Lipinski definition) is 4. The Morgan fingerprint density at radius 2 is 1.89 bits per heavy atom. The number of carbonyl (C=O) groups excluding carboxylic acids is 2. The van der Waals surface area contributed by atoms with Crippen molar-refractivity contribution in [2.45, 2.75) is 13.8 Å². The fourth-order valence-electron chi connectivity index (χ4n) is 1.90. The van der Waals surface area contributed by atoms with Gasteiger partial charge in [-0.15, -0.1) is 0 Å². The van der Waals surface area contributed by atoms with Gasteiger partial charge in [-0.25, -0.2) is 0 Å². The molecule has 1 unspecified atom stereocenters. The van der Waals surface area contributed by atoms with Crippen molar-refractivity contribution in [2.75, 3.05) is 45.8 Å². The third-order valence-electron chi connectivity index (χ3n) is 3.35. The number of piperazine rings is 1. The molecule has 0 saturated carbocycles. The van der Waals surface area contributed by atoms with Crippen LogP contribution in [0.1, 0.15) is 13.8 Å². The second-order valence-corrected chi connectivity index (χ2v) is 4.78. The quantitative estimate of drug-likeness (QED) is 0.652. The highest BCUT2D eigenvalue weighted by atomic mass is 16.2. The summed E-state index contributed by atoms with van der Waals surface area (Å²) in [5, 5.41) is 2.87. The molecule has 0 aromatic rings. The molecule has 6 heteroatoms. The van der Waals surface area contributed by atoms with Crippen molar-refractivity contribution in [2.24, 2.45) is 11.7 Å². The smallest absolute Gasteiger partial charge is 0.224 e. The molecule has 0 radical (unpaired) electrons. The van der Waals surface area contributed by atoms with E-state index in [-0.39, 0.29) is 17.7 Å². The summed E-state index contributed by atoms with van der Waals surface area (Å²) in [5.41, 5.74) is 5.42. The molecule has 0 bridgehead atoms. The Bertz CT molecular complexity index is 288. The molecule has 0 aliphatic carbocycles. The average molecular weight is 256 g/mol. The summed E-state index contributed by atoms with van der Waals surface area (Å²) >= 11 is 0. The molecule has 1 aliphatic rings. The zero-order chi connectivity index (χ0) is 13.5. The number of nitrogens with two attached hydrogens (primary N) is 1. The third kappa shape index (κ3) is 4.62. The number of nitrogens with zero attached hydrogens (tertiary/aromatic N) is 2. The summed E-state index contributed by atoms with van der Waals surface area (Å²) in [6, 6.07) is 0. The SMILES string of the molecule is CC(=O)N1CCN(CCNC(=O)C(C)CN)CC1. The maximum absolute atomic E-state index is 11.5. The van der Waals surface area contributed by atoms with Crippen LogP contribution in [-0.4, -0.2) is 67.4 Å². The van der Waals surface area contributed by atoms with E-state index in [9.17, 15) is 9.59 Å². The van der Waals surface area contributed by atoms with Crippen molar-refractivity contribution >= 4 is 11.8 Å². The van der Waals surface area contributed by atoms with Crippen LogP contribution in [0.25, 0.3) is 0 Å². The van der Waals surface area contributed by atoms with Crippen molar-refractivity contribution < 1.29 is 9.59 Å². The van der Waals surface area contributed by atoms with Gasteiger partial charge in [0.1, 0.15) is 0 Å². The molecule has 18 heavy (non-hydrogen) atoms. The van der Waals surface area contributed by atoms with Crippen molar-refractivity contribution in [1.82, 2.24) is 15.1 Å². The fourth-order valence-corrected chi connectivity index (χ4v) is 1.90. The van der Waals surface area contributed by atoms with E-state index in [0.29, 0.717) is 13.1 Å². The Balaban J connectivity index is 2.15. The van der Waals surface area contributed by atoms with Crippen LogP contribution in [0.2, 0.25) is 0 Å². The number of carbonyl (C=O) groups is 2. The summed E-state index contributed by atoms with van der Waals surface area (Å²) in [6.45, 7) is 8.58. The molecule has 3 N–H and O–H groups in total. The van der Waals surface area contributed by atoms with Crippen molar-refractivity contribution in [1.29, 1.82) is 0 Å². The fraction of sp³-hybridized carbons (Fsp3) is 0.833. The lowest BCUT2D eigenvalue weighted by Crippen LogP contribution is -2.50. The molecule has 1 aliphatic heterocycles. The van der Waals surface area contributed by atoms with Gasteiger partial charge in [0.2, 0.25) is 11.8 Å². The summed E-state index contributed by atoms with van der Waals surface area (Å²) < 4.78 is 0. The molecule has 1 rings (SSSR count). The van der Waals surface area contributed by atoms with Crippen LogP contribution >= 0.6 is 0 Å². The van der Waals surface area contributed by atoms with Gasteiger partial charge in [0.15, 0.2) is 0 Å². The number of nitrogens with one attached hydrogen (secondary N) is 1. The van der Waals surface area contributed by atoms with Crippen LogP contribution in [0.5, 0.6) is 0 Å². The van der Waals surface area contributed by atoms with E-state index in [1.807, 2.05) is 11.8 Å². The largest absolute Gasteiger partial charge is 0.355 e. The number of rotatable bonds is 5. The van der Waals surface area contributed by atoms with Crippen LogP contribution in [0.4, 0.5) is 0 Å². The van der Waals surface area contributed by atoms with Crippen LogP contribution in [0.3, 0.4) is 0 Å². The van der Waals surface area contributed by atoms with Crippen molar-refractivity contribution in [3.63, 3.8) is 0 Å². The first-order valence-electron chi connectivity index (χ1n) is 6.50. The van der Waals surface area contributed by atoms with Crippen molar-refractivity contribution in [3.8, 4) is 0 Å². The Morgan fingerprint density at radius 1 is 1.28 bits per heavy atom. The minimum atomic E-state index is -0.125. The zero-order valence-electron chi connectivity index (χ0n) is 11.3. The Hall–Kier alpha value is -1.14. The second-order valence-electron chi connectivity index (χ2n) is 4.78. The maximum atomic E-state index is 11.5. The Morgan fingerprint density at radius 3 is 2.39 bits per heavy atom. The van der Waals surface area contributed by atoms with Gasteiger partial charge in [0.05, 0.1) is 0 Å². The molecule has 1 saturated heterocycles. The molecular weight excluding hydrogens is 232 g/mol. The van der Waals surface area contributed by atoms with E-state index in [0.717, 1.165) is 32.7 Å².